The van der Waals surface area contributed by atoms with Gasteiger partial charge in [0, 0.05) is 5.69 Å². The van der Waals surface area contributed by atoms with E-state index in [2.05, 4.69) is 4.72 Å². The Morgan fingerprint density at radius 2 is 1.76 bits per heavy atom. The first-order valence-corrected chi connectivity index (χ1v) is 7.63. The van der Waals surface area contributed by atoms with E-state index in [9.17, 15) is 18.3 Å². The Kier molecular flexibility index (Phi) is 4.13. The molecule has 6 nitrogen and oxygen atoms in total. The summed E-state index contributed by atoms with van der Waals surface area (Å²) in [6, 6.07) is 12.1. The number of nitrogens with one attached hydrogen (secondary N) is 1. The number of aromatic hydroxyl groups is 1. The maximum atomic E-state index is 12.0. The van der Waals surface area contributed by atoms with Crippen LogP contribution < -0.4 is 4.72 Å². The van der Waals surface area contributed by atoms with Crippen LogP contribution in [0.3, 0.4) is 0 Å². The first kappa shape index (κ1) is 14.9. The maximum Gasteiger partial charge on any atom is 0.339 e. The van der Waals surface area contributed by atoms with Gasteiger partial charge in [0.2, 0.25) is 10.0 Å². The molecule has 0 saturated carbocycles. The molecule has 0 aliphatic rings. The Hall–Kier alpha value is -2.54. The fraction of sp³-hybridized carbons (Fsp3) is 0.0714. The van der Waals surface area contributed by atoms with Crippen LogP contribution >= 0.6 is 0 Å². The van der Waals surface area contributed by atoms with E-state index in [-0.39, 0.29) is 17.0 Å². The second-order valence-corrected chi connectivity index (χ2v) is 6.11. The molecule has 0 amide bonds. The van der Waals surface area contributed by atoms with E-state index in [1.165, 1.54) is 6.07 Å². The standard InChI is InChI=1S/C14H13NO5S/c16-13-7-6-11(8-12(13)14(17)18)15-21(19,20)9-10-4-2-1-3-5-10/h1-8,15-16H,9H2,(H,17,18). The molecule has 2 rings (SSSR count). The zero-order valence-corrected chi connectivity index (χ0v) is 11.7. The molecule has 3 N–H and O–H groups in total. The van der Waals surface area contributed by atoms with Crippen molar-refractivity contribution in [3.63, 3.8) is 0 Å². The highest BCUT2D eigenvalue weighted by Crippen LogP contribution is 2.22. The van der Waals surface area contributed by atoms with Crippen LogP contribution in [-0.2, 0) is 15.8 Å². The van der Waals surface area contributed by atoms with Crippen molar-refractivity contribution < 1.29 is 23.4 Å². The molecule has 0 fully saturated rings. The Labute approximate surface area is 121 Å². The van der Waals surface area contributed by atoms with Crippen molar-refractivity contribution in [2.45, 2.75) is 5.75 Å². The minimum Gasteiger partial charge on any atom is -0.507 e. The first-order chi connectivity index (χ1) is 9.87. The molecule has 0 radical (unpaired) electrons. The normalized spacial score (nSPS) is 11.0. The van der Waals surface area contributed by atoms with Gasteiger partial charge in [0.1, 0.15) is 11.3 Å². The Morgan fingerprint density at radius 1 is 1.10 bits per heavy atom. The van der Waals surface area contributed by atoms with Crippen LogP contribution in [0, 0.1) is 0 Å². The molecule has 7 heteroatoms. The van der Waals surface area contributed by atoms with Crippen molar-refractivity contribution in [1.29, 1.82) is 0 Å². The highest BCUT2D eigenvalue weighted by molar-refractivity contribution is 7.91. The van der Waals surface area contributed by atoms with Crippen LogP contribution in [0.5, 0.6) is 5.75 Å². The van der Waals surface area contributed by atoms with Crippen molar-refractivity contribution in [3.8, 4) is 5.75 Å². The zero-order chi connectivity index (χ0) is 15.5. The van der Waals surface area contributed by atoms with E-state index in [1.807, 2.05) is 0 Å². The molecule has 0 unspecified atom stereocenters. The van der Waals surface area contributed by atoms with Crippen LogP contribution in [0.4, 0.5) is 5.69 Å². The van der Waals surface area contributed by atoms with Gasteiger partial charge < -0.3 is 10.2 Å². The van der Waals surface area contributed by atoms with E-state index in [0.717, 1.165) is 12.1 Å². The average molecular weight is 307 g/mol. The number of phenols is 1. The van der Waals surface area contributed by atoms with Crippen LogP contribution in [0.2, 0.25) is 0 Å². The van der Waals surface area contributed by atoms with Crippen LogP contribution in [0.25, 0.3) is 0 Å². The van der Waals surface area contributed by atoms with Gasteiger partial charge in [0.15, 0.2) is 0 Å². The quantitative estimate of drug-likeness (QED) is 0.733. The molecule has 2 aromatic carbocycles. The van der Waals surface area contributed by atoms with Gasteiger partial charge in [-0.2, -0.15) is 0 Å². The molecule has 0 atom stereocenters. The number of carboxylic acid groups (broad SMARTS) is 1. The van der Waals surface area contributed by atoms with E-state index in [0.29, 0.717) is 5.56 Å². The van der Waals surface area contributed by atoms with E-state index < -0.39 is 21.7 Å². The molecule has 110 valence electrons. The van der Waals surface area contributed by atoms with Crippen LogP contribution in [-0.4, -0.2) is 24.6 Å². The monoisotopic (exact) mass is 307 g/mol. The van der Waals surface area contributed by atoms with Gasteiger partial charge >= 0.3 is 5.97 Å². The summed E-state index contributed by atoms with van der Waals surface area (Å²) in [5, 5.41) is 18.3. The third-order valence-corrected chi connectivity index (χ3v) is 3.96. The van der Waals surface area contributed by atoms with E-state index >= 15 is 0 Å². The lowest BCUT2D eigenvalue weighted by Gasteiger charge is -2.09. The minimum absolute atomic E-state index is 0.0844. The number of aromatic carboxylic acids is 1. The summed E-state index contributed by atoms with van der Waals surface area (Å²) in [6.07, 6.45) is 0. The Bertz CT molecular complexity index is 756. The SMILES string of the molecule is O=C(O)c1cc(NS(=O)(=O)Cc2ccccc2)ccc1O. The lowest BCUT2D eigenvalue weighted by molar-refractivity contribution is 0.0694. The largest absolute Gasteiger partial charge is 0.507 e. The molecular formula is C14H13NO5S. The zero-order valence-electron chi connectivity index (χ0n) is 10.9. The van der Waals surface area contributed by atoms with Crippen LogP contribution in [0.1, 0.15) is 15.9 Å². The maximum absolute atomic E-state index is 12.0. The molecular weight excluding hydrogens is 294 g/mol. The molecule has 21 heavy (non-hydrogen) atoms. The first-order valence-electron chi connectivity index (χ1n) is 5.98. The van der Waals surface area contributed by atoms with Gasteiger partial charge in [-0.3, -0.25) is 4.72 Å². The highest BCUT2D eigenvalue weighted by atomic mass is 32.2. The van der Waals surface area contributed by atoms with E-state index in [1.54, 1.807) is 30.3 Å². The molecule has 0 aliphatic carbocycles. The number of rotatable bonds is 5. The number of hydrogen-bond donors (Lipinski definition) is 3. The number of hydrogen-bond acceptors (Lipinski definition) is 4. The van der Waals surface area contributed by atoms with Crippen molar-refractivity contribution in [2.75, 3.05) is 4.72 Å². The van der Waals surface area contributed by atoms with Crippen LogP contribution in [0.15, 0.2) is 48.5 Å². The minimum atomic E-state index is -3.67. The lowest BCUT2D eigenvalue weighted by atomic mass is 10.2. The smallest absolute Gasteiger partial charge is 0.339 e. The van der Waals surface area contributed by atoms with Gasteiger partial charge in [0.25, 0.3) is 0 Å². The molecule has 0 bridgehead atoms. The number of benzene rings is 2. The number of carbonyl (C=O) groups is 1. The highest BCUT2D eigenvalue weighted by Gasteiger charge is 2.15. The van der Waals surface area contributed by atoms with Crippen molar-refractivity contribution in [2.24, 2.45) is 0 Å². The van der Waals surface area contributed by atoms with Crippen molar-refractivity contribution in [3.05, 3.63) is 59.7 Å². The predicted molar refractivity (Wildman–Crippen MR) is 77.8 cm³/mol. The summed E-state index contributed by atoms with van der Waals surface area (Å²) >= 11 is 0. The molecule has 2 aromatic rings. The Balaban J connectivity index is 2.21. The van der Waals surface area contributed by atoms with Gasteiger partial charge in [-0.15, -0.1) is 0 Å². The third kappa shape index (κ3) is 3.96. The summed E-state index contributed by atoms with van der Waals surface area (Å²) in [4.78, 5) is 10.9. The lowest BCUT2D eigenvalue weighted by Crippen LogP contribution is -2.15. The van der Waals surface area contributed by atoms with E-state index in [4.69, 9.17) is 5.11 Å². The molecule has 0 heterocycles. The average Bonchev–Trinajstić information content (AvgIpc) is 2.41. The summed E-state index contributed by atoms with van der Waals surface area (Å²) in [7, 11) is -3.67. The van der Waals surface area contributed by atoms with Crippen molar-refractivity contribution in [1.82, 2.24) is 0 Å². The fourth-order valence-electron chi connectivity index (χ4n) is 1.78. The summed E-state index contributed by atoms with van der Waals surface area (Å²) < 4.78 is 26.3. The van der Waals surface area contributed by atoms with Gasteiger partial charge in [-0.1, -0.05) is 30.3 Å². The van der Waals surface area contributed by atoms with Gasteiger partial charge in [-0.05, 0) is 23.8 Å². The second-order valence-electron chi connectivity index (χ2n) is 4.38. The Morgan fingerprint density at radius 3 is 2.38 bits per heavy atom. The molecule has 0 saturated heterocycles. The molecule has 0 aromatic heterocycles. The topological polar surface area (TPSA) is 104 Å². The molecule has 0 spiro atoms. The molecule has 0 aliphatic heterocycles. The number of sulfonamides is 1. The number of carboxylic acids is 1. The van der Waals surface area contributed by atoms with Crippen molar-refractivity contribution >= 4 is 21.7 Å². The summed E-state index contributed by atoms with van der Waals surface area (Å²) in [5.74, 6) is -1.98. The third-order valence-electron chi connectivity index (χ3n) is 2.70. The number of anilines is 1. The van der Waals surface area contributed by atoms with Gasteiger partial charge in [-0.25, -0.2) is 13.2 Å². The predicted octanol–water partition coefficient (Wildman–Crippen LogP) is 2.03. The second kappa shape index (κ2) is 5.84. The summed E-state index contributed by atoms with van der Waals surface area (Å²) in [6.45, 7) is 0. The van der Waals surface area contributed by atoms with Gasteiger partial charge in [0.05, 0.1) is 5.75 Å². The summed E-state index contributed by atoms with van der Waals surface area (Å²) in [5.41, 5.74) is 0.332. The fourth-order valence-corrected chi connectivity index (χ4v) is 2.97.